The Kier molecular flexibility index (Phi) is 6.65. The number of fused-ring (bicyclic) bond motifs is 8. The molecule has 2 nitrogen and oxygen atoms in total. The number of hydrogen-bond acceptors (Lipinski definition) is 2. The third-order valence-electron chi connectivity index (χ3n) is 12.6. The number of hydrogen-bond donors (Lipinski definition) is 0. The predicted octanol–water partition coefficient (Wildman–Crippen LogP) is 13.9. The van der Waals surface area contributed by atoms with Gasteiger partial charge >= 0.3 is 0 Å². The molecule has 0 saturated heterocycles. The van der Waals surface area contributed by atoms with Crippen molar-refractivity contribution in [3.8, 4) is 22.3 Å². The van der Waals surface area contributed by atoms with Crippen molar-refractivity contribution in [1.82, 2.24) is 0 Å². The van der Waals surface area contributed by atoms with Crippen LogP contribution in [0.2, 0.25) is 0 Å². The summed E-state index contributed by atoms with van der Waals surface area (Å²) in [6.07, 6.45) is 0. The van der Waals surface area contributed by atoms with E-state index in [-0.39, 0.29) is 16.2 Å². The van der Waals surface area contributed by atoms with Gasteiger partial charge in [0.1, 0.15) is 0 Å². The lowest BCUT2D eigenvalue weighted by Crippen LogP contribution is -2.31. The van der Waals surface area contributed by atoms with Crippen LogP contribution in [0.5, 0.6) is 0 Å². The van der Waals surface area contributed by atoms with Gasteiger partial charge in [0.25, 0.3) is 0 Å². The SMILES string of the molecule is CC1(C)c2ccccc2-c2ccc(N(c3ccccc3)c3ccc(N4c5ccccc5C(C)(C)c5cc6c(cc54)C(C)(C)c4ccccc4-6)cc3)cc21. The molecule has 10 rings (SSSR count). The summed E-state index contributed by atoms with van der Waals surface area (Å²) in [7, 11) is 0. The van der Waals surface area contributed by atoms with Gasteiger partial charge in [-0.25, -0.2) is 0 Å². The Bertz CT molecular complexity index is 2590. The Morgan fingerprint density at radius 1 is 0.340 bits per heavy atom. The van der Waals surface area contributed by atoms with Gasteiger partial charge in [0.05, 0.1) is 11.4 Å². The van der Waals surface area contributed by atoms with Crippen LogP contribution in [0.1, 0.15) is 74.9 Å². The van der Waals surface area contributed by atoms with Gasteiger partial charge in [-0.3, -0.25) is 0 Å². The zero-order valence-electron chi connectivity index (χ0n) is 31.4. The molecule has 0 spiro atoms. The standard InChI is InChI=1S/C51H44N2/c1-49(2)41-20-12-10-18-37(41)39-29-28-36(30-44(39)49)52(33-16-8-7-9-17-33)34-24-26-35(27-25-34)53-47-23-15-14-22-43(47)51(5,6)46-31-40-38-19-11-13-21-42(38)50(3,4)45(40)32-48(46)53/h7-32H,1-6H3. The second kappa shape index (κ2) is 11.1. The number of rotatable bonds is 4. The van der Waals surface area contributed by atoms with Gasteiger partial charge in [0, 0.05) is 39.0 Å². The number of para-hydroxylation sites is 2. The van der Waals surface area contributed by atoms with Gasteiger partial charge in [-0.15, -0.1) is 0 Å². The first-order valence-corrected chi connectivity index (χ1v) is 18.9. The highest BCUT2D eigenvalue weighted by Crippen LogP contribution is 2.58. The van der Waals surface area contributed by atoms with Crippen molar-refractivity contribution in [2.75, 3.05) is 9.80 Å². The molecule has 7 aromatic rings. The van der Waals surface area contributed by atoms with Gasteiger partial charge in [-0.2, -0.15) is 0 Å². The van der Waals surface area contributed by atoms with E-state index in [9.17, 15) is 0 Å². The second-order valence-electron chi connectivity index (χ2n) is 16.7. The molecular weight excluding hydrogens is 641 g/mol. The van der Waals surface area contributed by atoms with E-state index in [2.05, 4.69) is 209 Å². The first-order chi connectivity index (χ1) is 25.6. The Morgan fingerprint density at radius 3 is 1.51 bits per heavy atom. The Morgan fingerprint density at radius 2 is 0.830 bits per heavy atom. The maximum absolute atomic E-state index is 2.50. The summed E-state index contributed by atoms with van der Waals surface area (Å²) in [5.74, 6) is 0. The van der Waals surface area contributed by atoms with Crippen LogP contribution in [0.3, 0.4) is 0 Å². The summed E-state index contributed by atoms with van der Waals surface area (Å²) in [5, 5.41) is 0. The molecule has 0 bridgehead atoms. The van der Waals surface area contributed by atoms with Gasteiger partial charge in [-0.1, -0.05) is 133 Å². The van der Waals surface area contributed by atoms with Crippen LogP contribution in [0.15, 0.2) is 158 Å². The Hall–Kier alpha value is -5.86. The highest BCUT2D eigenvalue weighted by molar-refractivity contribution is 5.92. The molecule has 0 aromatic heterocycles. The summed E-state index contributed by atoms with van der Waals surface area (Å²) in [5.41, 5.74) is 20.5. The van der Waals surface area contributed by atoms with E-state index in [0.717, 1.165) is 22.7 Å². The fourth-order valence-electron chi connectivity index (χ4n) is 9.78. The van der Waals surface area contributed by atoms with E-state index in [0.29, 0.717) is 0 Å². The maximum Gasteiger partial charge on any atom is 0.0506 e. The monoisotopic (exact) mass is 684 g/mol. The predicted molar refractivity (Wildman–Crippen MR) is 223 cm³/mol. The van der Waals surface area contributed by atoms with Gasteiger partial charge in [0.15, 0.2) is 0 Å². The largest absolute Gasteiger partial charge is 0.310 e. The van der Waals surface area contributed by atoms with Crippen molar-refractivity contribution >= 4 is 34.1 Å². The lowest BCUT2D eigenvalue weighted by molar-refractivity contribution is 0.627. The Balaban J connectivity index is 1.11. The summed E-state index contributed by atoms with van der Waals surface area (Å²) in [6.45, 7) is 14.2. The maximum atomic E-state index is 2.50. The van der Waals surface area contributed by atoms with Crippen LogP contribution >= 0.6 is 0 Å². The van der Waals surface area contributed by atoms with E-state index in [1.807, 2.05) is 0 Å². The molecule has 0 N–H and O–H groups in total. The van der Waals surface area contributed by atoms with Gasteiger partial charge in [0.2, 0.25) is 0 Å². The van der Waals surface area contributed by atoms with Crippen molar-refractivity contribution in [3.05, 3.63) is 191 Å². The van der Waals surface area contributed by atoms with E-state index < -0.39 is 0 Å². The van der Waals surface area contributed by atoms with Crippen LogP contribution in [0.25, 0.3) is 22.3 Å². The van der Waals surface area contributed by atoms with Crippen LogP contribution in [0, 0.1) is 0 Å². The third kappa shape index (κ3) is 4.45. The zero-order chi connectivity index (χ0) is 36.3. The lowest BCUT2D eigenvalue weighted by Gasteiger charge is -2.43. The minimum atomic E-state index is -0.163. The number of benzene rings is 7. The lowest BCUT2D eigenvalue weighted by atomic mass is 9.72. The average molecular weight is 685 g/mol. The second-order valence-corrected chi connectivity index (χ2v) is 16.7. The van der Waals surface area contributed by atoms with E-state index in [1.165, 1.54) is 67.0 Å². The molecule has 1 aliphatic heterocycles. The number of anilines is 6. The van der Waals surface area contributed by atoms with E-state index in [1.54, 1.807) is 0 Å². The van der Waals surface area contributed by atoms with Crippen LogP contribution < -0.4 is 9.80 Å². The minimum Gasteiger partial charge on any atom is -0.310 e. The number of nitrogens with zero attached hydrogens (tertiary/aromatic N) is 2. The fourth-order valence-corrected chi connectivity index (χ4v) is 9.78. The molecule has 0 atom stereocenters. The van der Waals surface area contributed by atoms with Gasteiger partial charge < -0.3 is 9.80 Å². The molecule has 3 aliphatic rings. The smallest absolute Gasteiger partial charge is 0.0506 e. The zero-order valence-corrected chi connectivity index (χ0v) is 31.4. The molecule has 1 heterocycles. The molecule has 2 heteroatoms. The summed E-state index contributed by atoms with van der Waals surface area (Å²) in [4.78, 5) is 4.90. The van der Waals surface area contributed by atoms with Crippen molar-refractivity contribution in [3.63, 3.8) is 0 Å². The molecule has 0 radical (unpaired) electrons. The quantitative estimate of drug-likeness (QED) is 0.182. The highest BCUT2D eigenvalue weighted by Gasteiger charge is 2.42. The molecule has 0 amide bonds. The molecule has 258 valence electrons. The van der Waals surface area contributed by atoms with Crippen molar-refractivity contribution in [2.45, 2.75) is 57.8 Å². The van der Waals surface area contributed by atoms with E-state index >= 15 is 0 Å². The van der Waals surface area contributed by atoms with Crippen molar-refractivity contribution in [2.24, 2.45) is 0 Å². The summed E-state index contributed by atoms with van der Waals surface area (Å²) in [6, 6.07) is 58.8. The fraction of sp³-hybridized carbons (Fsp3) is 0.176. The van der Waals surface area contributed by atoms with Crippen molar-refractivity contribution in [1.29, 1.82) is 0 Å². The molecular formula is C51H44N2. The molecule has 53 heavy (non-hydrogen) atoms. The van der Waals surface area contributed by atoms with E-state index in [4.69, 9.17) is 0 Å². The summed E-state index contributed by atoms with van der Waals surface area (Å²) >= 11 is 0. The molecule has 7 aromatic carbocycles. The minimum absolute atomic E-state index is 0.0763. The summed E-state index contributed by atoms with van der Waals surface area (Å²) < 4.78 is 0. The first kappa shape index (κ1) is 31.8. The van der Waals surface area contributed by atoms with Crippen LogP contribution in [-0.4, -0.2) is 0 Å². The molecule has 0 fully saturated rings. The molecule has 0 unspecified atom stereocenters. The highest BCUT2D eigenvalue weighted by atomic mass is 15.2. The average Bonchev–Trinajstić information content (AvgIpc) is 3.54. The Labute approximate surface area is 314 Å². The normalized spacial score (nSPS) is 16.2. The van der Waals surface area contributed by atoms with Crippen LogP contribution in [0.4, 0.5) is 34.1 Å². The third-order valence-corrected chi connectivity index (χ3v) is 12.6. The molecule has 0 saturated carbocycles. The topological polar surface area (TPSA) is 6.48 Å². The molecule has 2 aliphatic carbocycles. The first-order valence-electron chi connectivity index (χ1n) is 18.9. The van der Waals surface area contributed by atoms with Crippen molar-refractivity contribution < 1.29 is 0 Å². The van der Waals surface area contributed by atoms with Gasteiger partial charge in [-0.05, 0) is 122 Å². The van der Waals surface area contributed by atoms with Crippen LogP contribution in [-0.2, 0) is 16.2 Å².